The summed E-state index contributed by atoms with van der Waals surface area (Å²) in [4.78, 5) is 23.5. The number of rotatable bonds is 19. The van der Waals surface area contributed by atoms with Crippen LogP contribution in [0.25, 0.3) is 0 Å². The first-order chi connectivity index (χ1) is 17.4. The van der Waals surface area contributed by atoms with Crippen LogP contribution in [-0.2, 0) is 9.59 Å². The highest BCUT2D eigenvalue weighted by Gasteiger charge is 2.26. The summed E-state index contributed by atoms with van der Waals surface area (Å²) in [5.74, 6) is -1.93. The van der Waals surface area contributed by atoms with Crippen LogP contribution in [-0.4, -0.2) is 22.2 Å². The summed E-state index contributed by atoms with van der Waals surface area (Å²) in [5.41, 5.74) is 2.21. The smallest absolute Gasteiger partial charge is 0.307 e. The predicted molar refractivity (Wildman–Crippen MR) is 147 cm³/mol. The molecule has 0 saturated heterocycles. The Morgan fingerprint density at radius 2 is 0.806 bits per heavy atom. The molecule has 4 nitrogen and oxygen atoms in total. The average Bonchev–Trinajstić information content (AvgIpc) is 2.89. The lowest BCUT2D eigenvalue weighted by atomic mass is 9.84. The van der Waals surface area contributed by atoms with Gasteiger partial charge in [-0.1, -0.05) is 139 Å². The topological polar surface area (TPSA) is 74.6 Å². The Kier molecular flexibility index (Phi) is 13.9. The second-order valence-electron chi connectivity index (χ2n) is 10.4. The number of unbranched alkanes of at least 4 members (excludes halogenated alkanes) is 9. The van der Waals surface area contributed by atoms with Gasteiger partial charge in [0.05, 0.1) is 11.8 Å². The van der Waals surface area contributed by atoms with E-state index in [-0.39, 0.29) is 23.7 Å². The predicted octanol–water partition coefficient (Wildman–Crippen LogP) is 8.68. The lowest BCUT2D eigenvalue weighted by Gasteiger charge is -2.20. The lowest BCUT2D eigenvalue weighted by Crippen LogP contribution is -2.20. The minimum absolute atomic E-state index is 0.0380. The van der Waals surface area contributed by atoms with Crippen molar-refractivity contribution in [3.05, 3.63) is 71.8 Å². The molecule has 36 heavy (non-hydrogen) atoms. The summed E-state index contributed by atoms with van der Waals surface area (Å²) in [7, 11) is 0. The monoisotopic (exact) mass is 494 g/mol. The van der Waals surface area contributed by atoms with Gasteiger partial charge in [-0.2, -0.15) is 0 Å². The quantitative estimate of drug-likeness (QED) is 0.192. The van der Waals surface area contributed by atoms with Gasteiger partial charge in [0.25, 0.3) is 0 Å². The highest BCUT2D eigenvalue weighted by atomic mass is 16.4. The van der Waals surface area contributed by atoms with E-state index in [0.717, 1.165) is 49.7 Å². The first-order valence-electron chi connectivity index (χ1n) is 14.0. The largest absolute Gasteiger partial charge is 0.481 e. The average molecular weight is 495 g/mol. The fourth-order valence-corrected chi connectivity index (χ4v) is 5.30. The fraction of sp³-hybridized carbons (Fsp3) is 0.562. The van der Waals surface area contributed by atoms with Crippen LogP contribution in [0.15, 0.2) is 60.7 Å². The van der Waals surface area contributed by atoms with Gasteiger partial charge >= 0.3 is 11.9 Å². The van der Waals surface area contributed by atoms with Crippen LogP contribution >= 0.6 is 0 Å². The minimum atomic E-state index is -0.685. The summed E-state index contributed by atoms with van der Waals surface area (Å²) >= 11 is 0. The zero-order valence-electron chi connectivity index (χ0n) is 22.3. The Balaban J connectivity index is 1.51. The van der Waals surface area contributed by atoms with Crippen LogP contribution < -0.4 is 0 Å². The van der Waals surface area contributed by atoms with Crippen molar-refractivity contribution >= 4 is 11.9 Å². The molecule has 0 heterocycles. The SMILES string of the molecule is CC(c1ccccc1)C(CCCCCCCCCCCCC(C(=O)O)C(C)c1ccccc1)C(=O)O. The van der Waals surface area contributed by atoms with E-state index in [1.54, 1.807) is 0 Å². The van der Waals surface area contributed by atoms with Crippen molar-refractivity contribution in [2.24, 2.45) is 11.8 Å². The second-order valence-corrected chi connectivity index (χ2v) is 10.4. The maximum atomic E-state index is 11.8. The Morgan fingerprint density at radius 1 is 0.528 bits per heavy atom. The molecule has 2 N–H and O–H groups in total. The summed E-state index contributed by atoms with van der Waals surface area (Å²) in [6.07, 6.45) is 12.8. The summed E-state index contributed by atoms with van der Waals surface area (Å²) in [6.45, 7) is 4.06. The van der Waals surface area contributed by atoms with Crippen molar-refractivity contribution in [3.63, 3.8) is 0 Å². The van der Waals surface area contributed by atoms with Crippen molar-refractivity contribution in [2.45, 2.75) is 103 Å². The molecule has 4 atom stereocenters. The van der Waals surface area contributed by atoms with Crippen LogP contribution in [0.4, 0.5) is 0 Å². The van der Waals surface area contributed by atoms with Gasteiger partial charge in [0.15, 0.2) is 0 Å². The molecule has 4 unspecified atom stereocenters. The third-order valence-electron chi connectivity index (χ3n) is 7.77. The molecule has 0 amide bonds. The Morgan fingerprint density at radius 3 is 1.08 bits per heavy atom. The van der Waals surface area contributed by atoms with E-state index >= 15 is 0 Å². The normalized spacial score (nSPS) is 14.6. The van der Waals surface area contributed by atoms with Gasteiger partial charge in [-0.3, -0.25) is 9.59 Å². The molecular formula is C32H46O4. The van der Waals surface area contributed by atoms with Gasteiger partial charge in [-0.15, -0.1) is 0 Å². The van der Waals surface area contributed by atoms with Crippen LogP contribution in [0, 0.1) is 11.8 Å². The van der Waals surface area contributed by atoms with Crippen molar-refractivity contribution < 1.29 is 19.8 Å². The molecule has 0 bridgehead atoms. The zero-order valence-corrected chi connectivity index (χ0v) is 22.3. The van der Waals surface area contributed by atoms with E-state index in [2.05, 4.69) is 0 Å². The molecule has 0 saturated carbocycles. The molecule has 0 aliphatic heterocycles. The Hall–Kier alpha value is -2.62. The van der Waals surface area contributed by atoms with E-state index < -0.39 is 11.9 Å². The third-order valence-corrected chi connectivity index (χ3v) is 7.77. The standard InChI is InChI=1S/C32H46O4/c1-25(27-19-13-11-14-20-27)29(31(33)34)23-17-9-7-5-3-4-6-8-10-18-24-30(32(35)36)26(2)28-21-15-12-16-22-28/h11-16,19-22,25-26,29-30H,3-10,17-18,23-24H2,1-2H3,(H,33,34)(H,35,36). The van der Waals surface area contributed by atoms with Crippen LogP contribution in [0.2, 0.25) is 0 Å². The lowest BCUT2D eigenvalue weighted by molar-refractivity contribution is -0.143. The van der Waals surface area contributed by atoms with Crippen molar-refractivity contribution in [2.75, 3.05) is 0 Å². The molecule has 198 valence electrons. The van der Waals surface area contributed by atoms with Gasteiger partial charge < -0.3 is 10.2 Å². The molecule has 2 rings (SSSR count). The molecule has 0 radical (unpaired) electrons. The van der Waals surface area contributed by atoms with E-state index in [4.69, 9.17) is 0 Å². The number of aliphatic carboxylic acids is 2. The van der Waals surface area contributed by atoms with Gasteiger partial charge in [0.1, 0.15) is 0 Å². The van der Waals surface area contributed by atoms with E-state index in [9.17, 15) is 19.8 Å². The molecule has 2 aromatic carbocycles. The Bertz CT molecular complexity index is 791. The molecular weight excluding hydrogens is 448 g/mol. The van der Waals surface area contributed by atoms with Gasteiger partial charge in [0, 0.05) is 0 Å². The summed E-state index contributed by atoms with van der Waals surface area (Å²) in [6, 6.07) is 19.9. The van der Waals surface area contributed by atoms with Gasteiger partial charge in [-0.05, 0) is 35.8 Å². The summed E-state index contributed by atoms with van der Waals surface area (Å²) < 4.78 is 0. The first kappa shape index (κ1) is 29.6. The van der Waals surface area contributed by atoms with Crippen molar-refractivity contribution in [1.29, 1.82) is 0 Å². The molecule has 0 fully saturated rings. The third kappa shape index (κ3) is 10.6. The zero-order chi connectivity index (χ0) is 26.2. The van der Waals surface area contributed by atoms with E-state index in [1.807, 2.05) is 74.5 Å². The molecule has 0 aliphatic carbocycles. The maximum Gasteiger partial charge on any atom is 0.307 e. The van der Waals surface area contributed by atoms with Gasteiger partial charge in [0.2, 0.25) is 0 Å². The number of hydrogen-bond donors (Lipinski definition) is 2. The molecule has 0 aromatic heterocycles. The van der Waals surface area contributed by atoms with E-state index in [1.165, 1.54) is 38.5 Å². The van der Waals surface area contributed by atoms with E-state index in [0.29, 0.717) is 0 Å². The number of carbonyl (C=O) groups is 2. The minimum Gasteiger partial charge on any atom is -0.481 e. The number of carboxylic acids is 2. The highest BCUT2D eigenvalue weighted by molar-refractivity contribution is 5.71. The van der Waals surface area contributed by atoms with Gasteiger partial charge in [-0.25, -0.2) is 0 Å². The summed E-state index contributed by atoms with van der Waals surface area (Å²) in [5, 5.41) is 19.3. The highest BCUT2D eigenvalue weighted by Crippen LogP contribution is 2.30. The Labute approximate surface area is 218 Å². The molecule has 4 heteroatoms. The maximum absolute atomic E-state index is 11.8. The fourth-order valence-electron chi connectivity index (χ4n) is 5.30. The number of benzene rings is 2. The molecule has 2 aromatic rings. The van der Waals surface area contributed by atoms with Crippen LogP contribution in [0.5, 0.6) is 0 Å². The molecule has 0 aliphatic rings. The van der Waals surface area contributed by atoms with Crippen LogP contribution in [0.1, 0.15) is 114 Å². The number of carboxylic acid groups (broad SMARTS) is 2. The first-order valence-corrected chi connectivity index (χ1v) is 14.0. The van der Waals surface area contributed by atoms with Crippen LogP contribution in [0.3, 0.4) is 0 Å². The van der Waals surface area contributed by atoms with Crippen molar-refractivity contribution in [1.82, 2.24) is 0 Å². The second kappa shape index (κ2) is 16.9. The number of hydrogen-bond acceptors (Lipinski definition) is 2. The van der Waals surface area contributed by atoms with Crippen molar-refractivity contribution in [3.8, 4) is 0 Å². The molecule has 0 spiro atoms.